The number of methoxy groups -OCH3 is 1. The summed E-state index contributed by atoms with van der Waals surface area (Å²) in [5.74, 6) is 1.43. The second kappa shape index (κ2) is 8.14. The lowest BCUT2D eigenvalue weighted by Crippen LogP contribution is -2.33. The van der Waals surface area contributed by atoms with Gasteiger partial charge in [0.25, 0.3) is 0 Å². The monoisotopic (exact) mass is 410 g/mol. The standard InChI is InChI=1S/C28H30N2O/c1-20-17-27(21(2)30(20)25-10-12-26(31-3)13-11-25)23-9-14-28-24(18-23)15-16-29(28)19-22-7-5-4-6-8-22/h4-16,18,20-21,27H,17,19H2,1-3H3/t20-,21+,27-/m1/s1. The molecular weight excluding hydrogens is 380 g/mol. The van der Waals surface area contributed by atoms with E-state index in [4.69, 9.17) is 4.74 Å². The number of nitrogens with zero attached hydrogens (tertiary/aromatic N) is 2. The van der Waals surface area contributed by atoms with Gasteiger partial charge in [-0.25, -0.2) is 0 Å². The van der Waals surface area contributed by atoms with Crippen molar-refractivity contribution in [2.24, 2.45) is 0 Å². The molecular formula is C28H30N2O. The van der Waals surface area contributed by atoms with Crippen molar-refractivity contribution in [2.45, 2.75) is 44.8 Å². The predicted octanol–water partition coefficient (Wildman–Crippen LogP) is 6.47. The zero-order chi connectivity index (χ0) is 21.4. The molecule has 0 N–H and O–H groups in total. The molecule has 5 rings (SSSR count). The van der Waals surface area contributed by atoms with Crippen LogP contribution in [0.15, 0.2) is 85.1 Å². The van der Waals surface area contributed by atoms with Crippen molar-refractivity contribution in [3.05, 3.63) is 96.2 Å². The van der Waals surface area contributed by atoms with E-state index in [0.29, 0.717) is 18.0 Å². The summed E-state index contributed by atoms with van der Waals surface area (Å²) in [6.07, 6.45) is 3.38. The second-order valence-corrected chi connectivity index (χ2v) is 8.78. The number of fused-ring (bicyclic) bond motifs is 1. The van der Waals surface area contributed by atoms with Crippen molar-refractivity contribution < 1.29 is 4.74 Å². The van der Waals surface area contributed by atoms with Crippen LogP contribution in [-0.4, -0.2) is 23.8 Å². The summed E-state index contributed by atoms with van der Waals surface area (Å²) in [5.41, 5.74) is 5.36. The number of anilines is 1. The molecule has 1 aliphatic rings. The van der Waals surface area contributed by atoms with E-state index in [1.165, 1.54) is 34.1 Å². The Balaban J connectivity index is 1.40. The van der Waals surface area contributed by atoms with Gasteiger partial charge in [0.15, 0.2) is 0 Å². The molecule has 3 aromatic carbocycles. The molecule has 3 nitrogen and oxygen atoms in total. The molecule has 0 aliphatic carbocycles. The van der Waals surface area contributed by atoms with E-state index in [1.807, 2.05) is 0 Å². The lowest BCUT2D eigenvalue weighted by atomic mass is 9.91. The number of ether oxygens (including phenoxy) is 1. The minimum atomic E-state index is 0.451. The molecule has 0 radical (unpaired) electrons. The Labute approximate surface area is 184 Å². The molecule has 4 aromatic rings. The van der Waals surface area contributed by atoms with Crippen LogP contribution in [0.2, 0.25) is 0 Å². The van der Waals surface area contributed by atoms with Gasteiger partial charge in [-0.05, 0) is 79.2 Å². The fourth-order valence-electron chi connectivity index (χ4n) is 5.30. The highest BCUT2D eigenvalue weighted by atomic mass is 16.5. The highest BCUT2D eigenvalue weighted by molar-refractivity contribution is 5.81. The van der Waals surface area contributed by atoms with E-state index in [2.05, 4.69) is 108 Å². The fourth-order valence-corrected chi connectivity index (χ4v) is 5.30. The molecule has 2 heterocycles. The van der Waals surface area contributed by atoms with E-state index >= 15 is 0 Å². The van der Waals surface area contributed by atoms with Crippen LogP contribution in [0.1, 0.15) is 37.3 Å². The highest BCUT2D eigenvalue weighted by Crippen LogP contribution is 2.41. The Morgan fingerprint density at radius 2 is 1.68 bits per heavy atom. The smallest absolute Gasteiger partial charge is 0.119 e. The lowest BCUT2D eigenvalue weighted by molar-refractivity contribution is 0.414. The minimum Gasteiger partial charge on any atom is -0.497 e. The average Bonchev–Trinajstić information content (AvgIpc) is 3.34. The van der Waals surface area contributed by atoms with Crippen LogP contribution in [0.3, 0.4) is 0 Å². The van der Waals surface area contributed by atoms with Crippen molar-refractivity contribution in [1.29, 1.82) is 0 Å². The quantitative estimate of drug-likeness (QED) is 0.375. The van der Waals surface area contributed by atoms with E-state index in [9.17, 15) is 0 Å². The summed E-state index contributed by atoms with van der Waals surface area (Å²) in [7, 11) is 1.72. The predicted molar refractivity (Wildman–Crippen MR) is 129 cm³/mol. The molecule has 1 saturated heterocycles. The third-order valence-electron chi connectivity index (χ3n) is 6.88. The summed E-state index contributed by atoms with van der Waals surface area (Å²) in [6.45, 7) is 5.62. The van der Waals surface area contributed by atoms with E-state index in [1.54, 1.807) is 7.11 Å². The molecule has 0 bridgehead atoms. The molecule has 1 fully saturated rings. The number of rotatable bonds is 5. The molecule has 0 spiro atoms. The molecule has 1 aromatic heterocycles. The van der Waals surface area contributed by atoms with Gasteiger partial charge in [0.05, 0.1) is 7.11 Å². The Morgan fingerprint density at radius 1 is 0.903 bits per heavy atom. The van der Waals surface area contributed by atoms with Gasteiger partial charge in [-0.3, -0.25) is 0 Å². The number of hydrogen-bond donors (Lipinski definition) is 0. The SMILES string of the molecule is COc1ccc(N2[C@H](C)C[C@@H](c3ccc4c(ccn4Cc4ccccc4)c3)[C@@H]2C)cc1. The third-order valence-corrected chi connectivity index (χ3v) is 6.88. The van der Waals surface area contributed by atoms with Gasteiger partial charge >= 0.3 is 0 Å². The molecule has 31 heavy (non-hydrogen) atoms. The lowest BCUT2D eigenvalue weighted by Gasteiger charge is -2.30. The summed E-state index contributed by atoms with van der Waals surface area (Å²) < 4.78 is 7.68. The molecule has 0 amide bonds. The van der Waals surface area contributed by atoms with Crippen molar-refractivity contribution in [2.75, 3.05) is 12.0 Å². The third kappa shape index (κ3) is 3.69. The number of hydrogen-bond acceptors (Lipinski definition) is 2. The van der Waals surface area contributed by atoms with Crippen LogP contribution in [-0.2, 0) is 6.54 Å². The summed E-state index contributed by atoms with van der Waals surface area (Å²) in [4.78, 5) is 2.56. The highest BCUT2D eigenvalue weighted by Gasteiger charge is 2.37. The molecule has 1 aliphatic heterocycles. The van der Waals surface area contributed by atoms with Gasteiger partial charge in [-0.2, -0.15) is 0 Å². The summed E-state index contributed by atoms with van der Waals surface area (Å²) in [5, 5.41) is 1.33. The average molecular weight is 411 g/mol. The Kier molecular flexibility index (Phi) is 5.19. The maximum absolute atomic E-state index is 5.34. The van der Waals surface area contributed by atoms with E-state index in [0.717, 1.165) is 12.3 Å². The van der Waals surface area contributed by atoms with Gasteiger partial charge < -0.3 is 14.2 Å². The largest absolute Gasteiger partial charge is 0.497 e. The Hall–Kier alpha value is -3.20. The van der Waals surface area contributed by atoms with Gasteiger partial charge in [0.1, 0.15) is 5.75 Å². The maximum Gasteiger partial charge on any atom is 0.119 e. The van der Waals surface area contributed by atoms with Crippen LogP contribution in [0.25, 0.3) is 10.9 Å². The molecule has 158 valence electrons. The maximum atomic E-state index is 5.34. The fraction of sp³-hybridized carbons (Fsp3) is 0.286. The molecule has 3 atom stereocenters. The Morgan fingerprint density at radius 3 is 2.42 bits per heavy atom. The first-order valence-electron chi connectivity index (χ1n) is 11.2. The van der Waals surface area contributed by atoms with Crippen molar-refractivity contribution >= 4 is 16.6 Å². The Bertz CT molecular complexity index is 1160. The first-order chi connectivity index (χ1) is 15.1. The van der Waals surface area contributed by atoms with Crippen LogP contribution in [0.5, 0.6) is 5.75 Å². The van der Waals surface area contributed by atoms with Gasteiger partial charge in [0, 0.05) is 41.9 Å². The van der Waals surface area contributed by atoms with Crippen molar-refractivity contribution in [3.8, 4) is 5.75 Å². The summed E-state index contributed by atoms with van der Waals surface area (Å²) in [6, 6.07) is 29.4. The van der Waals surface area contributed by atoms with Crippen molar-refractivity contribution in [3.63, 3.8) is 0 Å². The van der Waals surface area contributed by atoms with Gasteiger partial charge in [-0.1, -0.05) is 36.4 Å². The first-order valence-corrected chi connectivity index (χ1v) is 11.2. The molecule has 0 saturated carbocycles. The normalized spacial score (nSPS) is 21.0. The van der Waals surface area contributed by atoms with Crippen LogP contribution in [0, 0.1) is 0 Å². The van der Waals surface area contributed by atoms with Crippen LogP contribution >= 0.6 is 0 Å². The zero-order valence-corrected chi connectivity index (χ0v) is 18.5. The van der Waals surface area contributed by atoms with E-state index < -0.39 is 0 Å². The zero-order valence-electron chi connectivity index (χ0n) is 18.5. The molecule has 3 heteroatoms. The summed E-state index contributed by atoms with van der Waals surface area (Å²) >= 11 is 0. The topological polar surface area (TPSA) is 17.4 Å². The van der Waals surface area contributed by atoms with Crippen molar-refractivity contribution in [1.82, 2.24) is 4.57 Å². The number of benzene rings is 3. The van der Waals surface area contributed by atoms with Crippen LogP contribution in [0.4, 0.5) is 5.69 Å². The van der Waals surface area contributed by atoms with E-state index in [-0.39, 0.29) is 0 Å². The van der Waals surface area contributed by atoms with Crippen LogP contribution < -0.4 is 9.64 Å². The van der Waals surface area contributed by atoms with Gasteiger partial charge in [0.2, 0.25) is 0 Å². The molecule has 0 unspecified atom stereocenters. The number of aromatic nitrogens is 1. The second-order valence-electron chi connectivity index (χ2n) is 8.78. The van der Waals surface area contributed by atoms with Gasteiger partial charge in [-0.15, -0.1) is 0 Å². The first kappa shape index (κ1) is 19.7. The minimum absolute atomic E-state index is 0.451.